The molecule has 0 atom stereocenters. The van der Waals surface area contributed by atoms with Crippen LogP contribution in [0.2, 0.25) is 0 Å². The van der Waals surface area contributed by atoms with Gasteiger partial charge in [0.15, 0.2) is 0 Å². The first-order chi connectivity index (χ1) is 9.58. The Bertz CT molecular complexity index is 550. The second kappa shape index (κ2) is 7.73. The van der Waals surface area contributed by atoms with E-state index in [1.165, 1.54) is 6.21 Å². The lowest BCUT2D eigenvalue weighted by molar-refractivity contribution is -0.137. The van der Waals surface area contributed by atoms with E-state index >= 15 is 0 Å². The van der Waals surface area contributed by atoms with Crippen LogP contribution in [-0.2, 0) is 14.3 Å². The summed E-state index contributed by atoms with van der Waals surface area (Å²) in [4.78, 5) is 22.8. The summed E-state index contributed by atoms with van der Waals surface area (Å²) in [5.74, 6) is -1.05. The Hall–Kier alpha value is -2.63. The van der Waals surface area contributed by atoms with E-state index in [9.17, 15) is 9.59 Å². The molecule has 6 heteroatoms. The number of para-hydroxylation sites is 1. The topological polar surface area (TPSA) is 88.0 Å². The van der Waals surface area contributed by atoms with Gasteiger partial charge in [0.1, 0.15) is 0 Å². The average Bonchev–Trinajstić information content (AvgIpc) is 2.41. The van der Waals surface area contributed by atoms with Crippen LogP contribution in [0.5, 0.6) is 0 Å². The van der Waals surface area contributed by atoms with Crippen LogP contribution in [0.1, 0.15) is 18.1 Å². The summed E-state index contributed by atoms with van der Waals surface area (Å²) < 4.78 is 4.67. The van der Waals surface area contributed by atoms with Crippen molar-refractivity contribution in [1.29, 1.82) is 0 Å². The minimum atomic E-state index is -0.579. The third-order valence-electron chi connectivity index (χ3n) is 2.41. The van der Waals surface area contributed by atoms with Gasteiger partial charge < -0.3 is 15.3 Å². The number of benzene rings is 1. The number of rotatable bonds is 5. The van der Waals surface area contributed by atoms with Crippen molar-refractivity contribution in [3.8, 4) is 0 Å². The van der Waals surface area contributed by atoms with Crippen molar-refractivity contribution in [1.82, 2.24) is 0 Å². The first-order valence-electron chi connectivity index (χ1n) is 6.01. The fourth-order valence-corrected chi connectivity index (χ4v) is 1.53. The van der Waals surface area contributed by atoms with Crippen LogP contribution in [0.15, 0.2) is 35.5 Å². The fourth-order valence-electron chi connectivity index (χ4n) is 1.53. The highest BCUT2D eigenvalue weighted by Gasteiger charge is 2.07. The number of carbonyl (C=O) groups excluding carboxylic acids is 2. The minimum absolute atomic E-state index is 0.250. The van der Waals surface area contributed by atoms with Crippen molar-refractivity contribution in [2.24, 2.45) is 5.16 Å². The smallest absolute Gasteiger partial charge is 0.330 e. The molecule has 1 rings (SSSR count). The van der Waals surface area contributed by atoms with Crippen LogP contribution in [0.25, 0.3) is 0 Å². The first-order valence-corrected chi connectivity index (χ1v) is 6.01. The monoisotopic (exact) mass is 276 g/mol. The van der Waals surface area contributed by atoms with Crippen LogP contribution < -0.4 is 5.32 Å². The zero-order valence-corrected chi connectivity index (χ0v) is 11.3. The molecule has 1 aromatic rings. The Labute approximate surface area is 116 Å². The molecule has 1 amide bonds. The molecule has 0 aliphatic rings. The lowest BCUT2D eigenvalue weighted by Gasteiger charge is -2.09. The molecule has 0 radical (unpaired) electrons. The van der Waals surface area contributed by atoms with Gasteiger partial charge >= 0.3 is 5.97 Å². The van der Waals surface area contributed by atoms with Gasteiger partial charge in [-0.3, -0.25) is 4.79 Å². The highest BCUT2D eigenvalue weighted by Crippen LogP contribution is 2.18. The zero-order chi connectivity index (χ0) is 15.0. The largest absolute Gasteiger partial charge is 0.463 e. The highest BCUT2D eigenvalue weighted by molar-refractivity contribution is 6.05. The van der Waals surface area contributed by atoms with E-state index in [2.05, 4.69) is 15.2 Å². The van der Waals surface area contributed by atoms with Gasteiger partial charge in [0.25, 0.3) is 0 Å². The van der Waals surface area contributed by atoms with Gasteiger partial charge in [-0.2, -0.15) is 0 Å². The Morgan fingerprint density at radius 3 is 2.80 bits per heavy atom. The van der Waals surface area contributed by atoms with Crippen molar-refractivity contribution in [3.63, 3.8) is 0 Å². The summed E-state index contributed by atoms with van der Waals surface area (Å²) in [6, 6.07) is 5.27. The van der Waals surface area contributed by atoms with E-state index in [0.717, 1.165) is 17.7 Å². The molecule has 0 saturated heterocycles. The molecule has 0 spiro atoms. The SMILES string of the molecule is CCOC(=O)/C=C/C(=O)Nc1c(C)cccc1/C=N/O. The van der Waals surface area contributed by atoms with E-state index < -0.39 is 11.9 Å². The molecule has 2 N–H and O–H groups in total. The summed E-state index contributed by atoms with van der Waals surface area (Å²) in [6.07, 6.45) is 3.36. The van der Waals surface area contributed by atoms with E-state index in [1.807, 2.05) is 0 Å². The summed E-state index contributed by atoms with van der Waals surface area (Å²) in [6.45, 7) is 3.73. The summed E-state index contributed by atoms with van der Waals surface area (Å²) >= 11 is 0. The van der Waals surface area contributed by atoms with Crippen molar-refractivity contribution < 1.29 is 19.5 Å². The second-order valence-electron chi connectivity index (χ2n) is 3.86. The average molecular weight is 276 g/mol. The number of aryl methyl sites for hydroxylation is 1. The van der Waals surface area contributed by atoms with Crippen LogP contribution in [-0.4, -0.2) is 29.9 Å². The molecule has 1 aromatic carbocycles. The first kappa shape index (κ1) is 15.4. The highest BCUT2D eigenvalue weighted by atomic mass is 16.5. The van der Waals surface area contributed by atoms with Crippen LogP contribution in [0.3, 0.4) is 0 Å². The third kappa shape index (κ3) is 4.56. The number of hydrogen-bond acceptors (Lipinski definition) is 5. The number of amides is 1. The predicted molar refractivity (Wildman–Crippen MR) is 75.0 cm³/mol. The van der Waals surface area contributed by atoms with Crippen LogP contribution in [0.4, 0.5) is 5.69 Å². The molecule has 20 heavy (non-hydrogen) atoms. The summed E-state index contributed by atoms with van der Waals surface area (Å²) in [5, 5.41) is 14.2. The normalized spacial score (nSPS) is 10.9. The van der Waals surface area contributed by atoms with E-state index in [0.29, 0.717) is 11.3 Å². The van der Waals surface area contributed by atoms with Gasteiger partial charge in [0, 0.05) is 17.7 Å². The van der Waals surface area contributed by atoms with E-state index in [1.54, 1.807) is 32.0 Å². The number of ether oxygens (including phenoxy) is 1. The number of anilines is 1. The maximum absolute atomic E-state index is 11.7. The number of esters is 1. The third-order valence-corrected chi connectivity index (χ3v) is 2.41. The lowest BCUT2D eigenvalue weighted by atomic mass is 10.1. The standard InChI is InChI=1S/C14H16N2O4/c1-3-20-13(18)8-7-12(17)16-14-10(2)5-4-6-11(14)9-15-19/h4-9,19H,3H2,1-2H3,(H,16,17)/b8-7+,15-9+. The lowest BCUT2D eigenvalue weighted by Crippen LogP contribution is -2.12. The predicted octanol–water partition coefficient (Wildman–Crippen LogP) is 1.86. The Kier molecular flexibility index (Phi) is 5.96. The fraction of sp³-hybridized carbons (Fsp3) is 0.214. The van der Waals surface area contributed by atoms with E-state index in [-0.39, 0.29) is 6.61 Å². The Morgan fingerprint density at radius 1 is 1.40 bits per heavy atom. The van der Waals surface area contributed by atoms with Crippen LogP contribution in [0, 0.1) is 6.92 Å². The maximum atomic E-state index is 11.7. The minimum Gasteiger partial charge on any atom is -0.463 e. The maximum Gasteiger partial charge on any atom is 0.330 e. The summed E-state index contributed by atoms with van der Waals surface area (Å²) in [7, 11) is 0. The molecule has 106 valence electrons. The number of nitrogens with one attached hydrogen (secondary N) is 1. The molecule has 0 aromatic heterocycles. The van der Waals surface area contributed by atoms with E-state index in [4.69, 9.17) is 5.21 Å². The second-order valence-corrected chi connectivity index (χ2v) is 3.86. The molecule has 0 unspecified atom stereocenters. The van der Waals surface area contributed by atoms with Crippen molar-refractivity contribution in [3.05, 3.63) is 41.5 Å². The Morgan fingerprint density at radius 2 is 2.15 bits per heavy atom. The van der Waals surface area contributed by atoms with Gasteiger partial charge in [-0.1, -0.05) is 23.4 Å². The molecule has 0 aliphatic heterocycles. The molecule has 0 saturated carbocycles. The number of hydrogen-bond donors (Lipinski definition) is 2. The molecule has 6 nitrogen and oxygen atoms in total. The van der Waals surface area contributed by atoms with Crippen molar-refractivity contribution >= 4 is 23.8 Å². The zero-order valence-electron chi connectivity index (χ0n) is 11.3. The van der Waals surface area contributed by atoms with Crippen LogP contribution >= 0.6 is 0 Å². The molecular formula is C14H16N2O4. The van der Waals surface area contributed by atoms with Gasteiger partial charge in [0.2, 0.25) is 5.91 Å². The molecule has 0 bridgehead atoms. The Balaban J connectivity index is 2.83. The van der Waals surface area contributed by atoms with Gasteiger partial charge in [0.05, 0.1) is 18.5 Å². The number of oxime groups is 1. The molecule has 0 fully saturated rings. The molecule has 0 aliphatic carbocycles. The van der Waals surface area contributed by atoms with Crippen molar-refractivity contribution in [2.75, 3.05) is 11.9 Å². The number of nitrogens with zero attached hydrogens (tertiary/aromatic N) is 1. The molecule has 0 heterocycles. The van der Waals surface area contributed by atoms with Gasteiger partial charge in [-0.15, -0.1) is 0 Å². The van der Waals surface area contributed by atoms with Crippen molar-refractivity contribution in [2.45, 2.75) is 13.8 Å². The number of carbonyl (C=O) groups is 2. The quantitative estimate of drug-likeness (QED) is 0.282. The molecular weight excluding hydrogens is 260 g/mol. The summed E-state index contributed by atoms with van der Waals surface area (Å²) in [5.41, 5.74) is 1.88. The van der Waals surface area contributed by atoms with Gasteiger partial charge in [-0.25, -0.2) is 4.79 Å². The van der Waals surface area contributed by atoms with Gasteiger partial charge in [-0.05, 0) is 19.4 Å².